The minimum Gasteiger partial charge on any atom is -0.397 e. The van der Waals surface area contributed by atoms with Gasteiger partial charge in [-0.1, -0.05) is 28.8 Å². The summed E-state index contributed by atoms with van der Waals surface area (Å²) in [5.74, 6) is 1.65. The summed E-state index contributed by atoms with van der Waals surface area (Å²) < 4.78 is 0.929. The minimum atomic E-state index is 0.154. The first-order chi connectivity index (χ1) is 8.66. The Morgan fingerprint density at radius 3 is 2.56 bits per heavy atom. The number of halogens is 1. The third-order valence-corrected chi connectivity index (χ3v) is 4.72. The van der Waals surface area contributed by atoms with Crippen molar-refractivity contribution in [1.29, 1.82) is 0 Å². The molecule has 4 heteroatoms. The largest absolute Gasteiger partial charge is 0.397 e. The molecule has 0 heterocycles. The summed E-state index contributed by atoms with van der Waals surface area (Å²) in [6.45, 7) is 0. The third-order valence-electron chi connectivity index (χ3n) is 4.23. The highest BCUT2D eigenvalue weighted by atomic mass is 79.9. The minimum absolute atomic E-state index is 0.154. The number of nitrogens with one attached hydrogen (secondary N) is 1. The fourth-order valence-electron chi connectivity index (χ4n) is 3.24. The molecule has 2 unspecified atom stereocenters. The Hall–Kier alpha value is -1.03. The molecule has 2 atom stereocenters. The number of nitrogens with two attached hydrogens (primary N) is 1. The fraction of sp³-hybridized carbons (Fsp3) is 0.500. The van der Waals surface area contributed by atoms with Gasteiger partial charge in [0.2, 0.25) is 5.91 Å². The standard InChI is InChI=1S/C14H17BrN2O/c15-8-5-6-12(11(16)7-8)17-14(18)13-9-3-1-2-4-10(9)13/h5-7,9-10,13H,1-4,16H2,(H,17,18). The maximum Gasteiger partial charge on any atom is 0.228 e. The van der Waals surface area contributed by atoms with E-state index in [1.54, 1.807) is 0 Å². The molecule has 3 N–H and O–H groups in total. The van der Waals surface area contributed by atoms with Gasteiger partial charge in [-0.3, -0.25) is 4.79 Å². The molecular weight excluding hydrogens is 292 g/mol. The van der Waals surface area contributed by atoms with Crippen LogP contribution in [0.4, 0.5) is 11.4 Å². The van der Waals surface area contributed by atoms with Crippen molar-refractivity contribution in [3.8, 4) is 0 Å². The van der Waals surface area contributed by atoms with Gasteiger partial charge in [-0.05, 0) is 42.9 Å². The van der Waals surface area contributed by atoms with Crippen LogP contribution < -0.4 is 11.1 Å². The molecular formula is C14H17BrN2O. The van der Waals surface area contributed by atoms with Gasteiger partial charge in [-0.2, -0.15) is 0 Å². The van der Waals surface area contributed by atoms with Crippen molar-refractivity contribution >= 4 is 33.2 Å². The van der Waals surface area contributed by atoms with Crippen molar-refractivity contribution in [3.05, 3.63) is 22.7 Å². The van der Waals surface area contributed by atoms with E-state index >= 15 is 0 Å². The molecule has 1 aromatic carbocycles. The molecule has 3 rings (SSSR count). The van der Waals surface area contributed by atoms with E-state index in [1.807, 2.05) is 18.2 Å². The van der Waals surface area contributed by atoms with Crippen LogP contribution in [0.25, 0.3) is 0 Å². The van der Waals surface area contributed by atoms with Crippen molar-refractivity contribution in [2.24, 2.45) is 17.8 Å². The number of benzene rings is 1. The summed E-state index contributed by atoms with van der Waals surface area (Å²) >= 11 is 3.36. The van der Waals surface area contributed by atoms with Crippen LogP contribution in [-0.2, 0) is 4.79 Å². The topological polar surface area (TPSA) is 55.1 Å². The van der Waals surface area contributed by atoms with Gasteiger partial charge in [-0.25, -0.2) is 0 Å². The number of hydrogen-bond donors (Lipinski definition) is 2. The predicted molar refractivity (Wildman–Crippen MR) is 76.1 cm³/mol. The number of fused-ring (bicyclic) bond motifs is 1. The van der Waals surface area contributed by atoms with Gasteiger partial charge in [0, 0.05) is 10.4 Å². The number of amides is 1. The van der Waals surface area contributed by atoms with Crippen LogP contribution in [0.15, 0.2) is 22.7 Å². The molecule has 1 amide bonds. The number of carbonyl (C=O) groups excluding carboxylic acids is 1. The lowest BCUT2D eigenvalue weighted by molar-refractivity contribution is -0.117. The van der Waals surface area contributed by atoms with Gasteiger partial charge in [-0.15, -0.1) is 0 Å². The van der Waals surface area contributed by atoms with Gasteiger partial charge >= 0.3 is 0 Å². The van der Waals surface area contributed by atoms with E-state index in [0.717, 1.165) is 10.2 Å². The van der Waals surface area contributed by atoms with E-state index in [9.17, 15) is 4.79 Å². The zero-order valence-corrected chi connectivity index (χ0v) is 11.7. The molecule has 0 saturated heterocycles. The van der Waals surface area contributed by atoms with Gasteiger partial charge < -0.3 is 11.1 Å². The molecule has 0 aliphatic heterocycles. The van der Waals surface area contributed by atoms with E-state index in [2.05, 4.69) is 21.2 Å². The summed E-state index contributed by atoms with van der Waals surface area (Å²) in [6.07, 6.45) is 5.01. The number of rotatable bonds is 2. The van der Waals surface area contributed by atoms with Crippen molar-refractivity contribution in [3.63, 3.8) is 0 Å². The molecule has 2 aliphatic carbocycles. The summed E-state index contributed by atoms with van der Waals surface area (Å²) in [4.78, 5) is 12.2. The molecule has 0 radical (unpaired) electrons. The quantitative estimate of drug-likeness (QED) is 0.823. The fourth-order valence-corrected chi connectivity index (χ4v) is 3.62. The maximum atomic E-state index is 12.2. The average molecular weight is 309 g/mol. The summed E-state index contributed by atoms with van der Waals surface area (Å²) in [6, 6.07) is 5.56. The Labute approximate surface area is 115 Å². The van der Waals surface area contributed by atoms with Crippen LogP contribution in [-0.4, -0.2) is 5.91 Å². The van der Waals surface area contributed by atoms with Crippen LogP contribution in [0.5, 0.6) is 0 Å². The second-order valence-electron chi connectivity index (χ2n) is 5.36. The second-order valence-corrected chi connectivity index (χ2v) is 6.27. The van der Waals surface area contributed by atoms with E-state index in [0.29, 0.717) is 17.5 Å². The first-order valence-corrected chi connectivity index (χ1v) is 7.32. The molecule has 2 fully saturated rings. The van der Waals surface area contributed by atoms with Gasteiger partial charge in [0.15, 0.2) is 0 Å². The first-order valence-electron chi connectivity index (χ1n) is 6.52. The van der Waals surface area contributed by atoms with Crippen LogP contribution in [0.1, 0.15) is 25.7 Å². The van der Waals surface area contributed by atoms with E-state index in [-0.39, 0.29) is 11.8 Å². The van der Waals surface area contributed by atoms with Crippen molar-refractivity contribution in [2.45, 2.75) is 25.7 Å². The zero-order chi connectivity index (χ0) is 12.7. The number of hydrogen-bond acceptors (Lipinski definition) is 2. The Morgan fingerprint density at radius 1 is 1.28 bits per heavy atom. The smallest absolute Gasteiger partial charge is 0.228 e. The van der Waals surface area contributed by atoms with E-state index < -0.39 is 0 Å². The second kappa shape index (κ2) is 4.57. The predicted octanol–water partition coefficient (Wildman–Crippen LogP) is 3.41. The van der Waals surface area contributed by atoms with Crippen molar-refractivity contribution in [2.75, 3.05) is 11.1 Å². The van der Waals surface area contributed by atoms with Crippen molar-refractivity contribution < 1.29 is 4.79 Å². The molecule has 2 aliphatic rings. The average Bonchev–Trinajstić information content (AvgIpc) is 3.07. The van der Waals surface area contributed by atoms with Crippen LogP contribution >= 0.6 is 15.9 Å². The highest BCUT2D eigenvalue weighted by Gasteiger charge is 2.54. The van der Waals surface area contributed by atoms with Gasteiger partial charge in [0.05, 0.1) is 11.4 Å². The lowest BCUT2D eigenvalue weighted by Crippen LogP contribution is -2.16. The number of carbonyl (C=O) groups is 1. The molecule has 0 aromatic heterocycles. The summed E-state index contributed by atoms with van der Waals surface area (Å²) in [5.41, 5.74) is 7.23. The maximum absolute atomic E-state index is 12.2. The molecule has 18 heavy (non-hydrogen) atoms. The SMILES string of the molecule is Nc1cc(Br)ccc1NC(=O)C1C2CCCCC21. The van der Waals surface area contributed by atoms with Gasteiger partial charge in [0.1, 0.15) is 0 Å². The Balaban J connectivity index is 1.68. The number of anilines is 2. The Kier molecular flexibility index (Phi) is 3.06. The zero-order valence-electron chi connectivity index (χ0n) is 10.2. The lowest BCUT2D eigenvalue weighted by atomic mass is 10.0. The number of nitrogen functional groups attached to an aromatic ring is 1. The van der Waals surface area contributed by atoms with Crippen molar-refractivity contribution in [1.82, 2.24) is 0 Å². The normalized spacial score (nSPS) is 29.5. The van der Waals surface area contributed by atoms with Gasteiger partial charge in [0.25, 0.3) is 0 Å². The molecule has 0 bridgehead atoms. The summed E-state index contributed by atoms with van der Waals surface area (Å²) in [7, 11) is 0. The third kappa shape index (κ3) is 2.14. The first kappa shape index (κ1) is 12.0. The lowest BCUT2D eigenvalue weighted by Gasteiger charge is -2.08. The van der Waals surface area contributed by atoms with Crippen LogP contribution in [0.3, 0.4) is 0 Å². The highest BCUT2D eigenvalue weighted by molar-refractivity contribution is 9.10. The van der Waals surface area contributed by atoms with E-state index in [4.69, 9.17) is 5.73 Å². The van der Waals surface area contributed by atoms with E-state index in [1.165, 1.54) is 25.7 Å². The Bertz CT molecular complexity index is 477. The summed E-state index contributed by atoms with van der Waals surface area (Å²) in [5, 5.41) is 2.97. The highest BCUT2D eigenvalue weighted by Crippen LogP contribution is 2.55. The Morgan fingerprint density at radius 2 is 1.94 bits per heavy atom. The molecule has 2 saturated carbocycles. The van der Waals surface area contributed by atoms with Crippen LogP contribution in [0, 0.1) is 17.8 Å². The molecule has 3 nitrogen and oxygen atoms in total. The molecule has 96 valence electrons. The molecule has 1 aromatic rings. The monoisotopic (exact) mass is 308 g/mol. The van der Waals surface area contributed by atoms with Crippen LogP contribution in [0.2, 0.25) is 0 Å². The molecule has 0 spiro atoms.